The molecule has 7 nitrogen and oxygen atoms in total. The molecule has 152 valence electrons. The van der Waals surface area contributed by atoms with Crippen LogP contribution in [-0.4, -0.2) is 38.0 Å². The summed E-state index contributed by atoms with van der Waals surface area (Å²) in [4.78, 5) is 18.6. The fourth-order valence-electron chi connectivity index (χ4n) is 2.89. The second-order valence-electron chi connectivity index (χ2n) is 6.52. The van der Waals surface area contributed by atoms with Crippen molar-refractivity contribution in [3.05, 3.63) is 67.0 Å². The highest BCUT2D eigenvalue weighted by Gasteiger charge is 2.19. The van der Waals surface area contributed by atoms with E-state index in [0.29, 0.717) is 24.1 Å². The first kappa shape index (κ1) is 21.3. The van der Waals surface area contributed by atoms with Crippen LogP contribution in [0.3, 0.4) is 0 Å². The smallest absolute Gasteiger partial charge is 0.237 e. The Morgan fingerprint density at radius 2 is 1.97 bits per heavy atom. The number of thioether (sulfide) groups is 1. The van der Waals surface area contributed by atoms with Crippen LogP contribution in [0, 0.1) is 18.3 Å². The lowest BCUT2D eigenvalue weighted by Crippen LogP contribution is -2.33. The number of nitriles is 1. The van der Waals surface area contributed by atoms with E-state index >= 15 is 0 Å². The van der Waals surface area contributed by atoms with Crippen LogP contribution in [0.1, 0.15) is 12.0 Å². The van der Waals surface area contributed by atoms with Crippen LogP contribution in [-0.2, 0) is 11.3 Å². The molecule has 0 aliphatic heterocycles. The highest BCUT2D eigenvalue weighted by atomic mass is 32.2. The molecular weight excluding hydrogens is 396 g/mol. The first-order valence-corrected chi connectivity index (χ1v) is 10.4. The molecule has 8 heteroatoms. The minimum absolute atomic E-state index is 0.0854. The molecule has 0 atom stereocenters. The first-order valence-electron chi connectivity index (χ1n) is 9.45. The Bertz CT molecular complexity index is 1040. The van der Waals surface area contributed by atoms with E-state index in [1.807, 2.05) is 47.9 Å². The van der Waals surface area contributed by atoms with E-state index in [-0.39, 0.29) is 18.1 Å². The zero-order valence-electron chi connectivity index (χ0n) is 16.7. The minimum Gasteiger partial charge on any atom is -0.311 e. The molecule has 0 bridgehead atoms. The van der Waals surface area contributed by atoms with Gasteiger partial charge >= 0.3 is 0 Å². The summed E-state index contributed by atoms with van der Waals surface area (Å²) in [7, 11) is 0. The predicted octanol–water partition coefficient (Wildman–Crippen LogP) is 3.87. The Labute approximate surface area is 180 Å². The molecular formula is C22H22N6OS. The summed E-state index contributed by atoms with van der Waals surface area (Å²) in [6, 6.07) is 13.6. The number of nitrogens with zero attached hydrogens (tertiary/aromatic N) is 6. The normalized spacial score (nSPS) is 10.4. The molecule has 0 unspecified atom stereocenters. The van der Waals surface area contributed by atoms with Crippen molar-refractivity contribution in [2.24, 2.45) is 0 Å². The van der Waals surface area contributed by atoms with Crippen molar-refractivity contribution in [3.63, 3.8) is 0 Å². The SMILES string of the molecule is C=CCn1c(SCC(=O)N(CCC#N)c2ccc(C)cc2)nnc1-c1ccncc1. The monoisotopic (exact) mass is 418 g/mol. The van der Waals surface area contributed by atoms with Crippen LogP contribution in [0.25, 0.3) is 11.4 Å². The highest BCUT2D eigenvalue weighted by Crippen LogP contribution is 2.25. The molecule has 3 rings (SSSR count). The number of hydrogen-bond donors (Lipinski definition) is 0. The van der Waals surface area contributed by atoms with E-state index in [1.54, 1.807) is 23.4 Å². The molecule has 0 saturated carbocycles. The zero-order chi connectivity index (χ0) is 21.3. The van der Waals surface area contributed by atoms with Gasteiger partial charge in [-0.2, -0.15) is 5.26 Å². The van der Waals surface area contributed by atoms with Crippen LogP contribution in [0.5, 0.6) is 0 Å². The van der Waals surface area contributed by atoms with Crippen molar-refractivity contribution in [1.82, 2.24) is 19.7 Å². The van der Waals surface area contributed by atoms with E-state index in [0.717, 1.165) is 16.8 Å². The highest BCUT2D eigenvalue weighted by molar-refractivity contribution is 7.99. The Morgan fingerprint density at radius 3 is 2.63 bits per heavy atom. The molecule has 2 aromatic heterocycles. The van der Waals surface area contributed by atoms with Gasteiger partial charge in [-0.1, -0.05) is 35.5 Å². The number of allylic oxidation sites excluding steroid dienone is 1. The molecule has 0 radical (unpaired) electrons. The van der Waals surface area contributed by atoms with Gasteiger partial charge in [0.2, 0.25) is 5.91 Å². The van der Waals surface area contributed by atoms with E-state index in [2.05, 4.69) is 27.8 Å². The van der Waals surface area contributed by atoms with Gasteiger partial charge in [0.25, 0.3) is 0 Å². The molecule has 0 aliphatic rings. The maximum absolute atomic E-state index is 13.0. The van der Waals surface area contributed by atoms with Gasteiger partial charge in [-0.25, -0.2) is 0 Å². The van der Waals surface area contributed by atoms with Gasteiger partial charge in [0.1, 0.15) is 0 Å². The molecule has 0 spiro atoms. The summed E-state index contributed by atoms with van der Waals surface area (Å²) < 4.78 is 1.92. The third-order valence-electron chi connectivity index (χ3n) is 4.39. The number of pyridine rings is 1. The van der Waals surface area contributed by atoms with Gasteiger partial charge in [-0.05, 0) is 31.2 Å². The minimum atomic E-state index is -0.0854. The van der Waals surface area contributed by atoms with Crippen LogP contribution in [0.4, 0.5) is 5.69 Å². The number of carbonyl (C=O) groups excluding carboxylic acids is 1. The van der Waals surface area contributed by atoms with Crippen LogP contribution in [0.2, 0.25) is 0 Å². The summed E-state index contributed by atoms with van der Waals surface area (Å²) in [5, 5.41) is 18.2. The van der Waals surface area contributed by atoms with Gasteiger partial charge < -0.3 is 4.90 Å². The van der Waals surface area contributed by atoms with Crippen molar-refractivity contribution in [2.75, 3.05) is 17.2 Å². The number of anilines is 1. The van der Waals surface area contributed by atoms with E-state index in [1.165, 1.54) is 11.8 Å². The third kappa shape index (κ3) is 5.13. The number of carbonyl (C=O) groups is 1. The van der Waals surface area contributed by atoms with Gasteiger partial charge in [-0.3, -0.25) is 14.3 Å². The maximum Gasteiger partial charge on any atom is 0.237 e. The number of hydrogen-bond acceptors (Lipinski definition) is 6. The molecule has 0 fully saturated rings. The van der Waals surface area contributed by atoms with Gasteiger partial charge in [0, 0.05) is 36.7 Å². The van der Waals surface area contributed by atoms with Crippen LogP contribution < -0.4 is 4.90 Å². The fraction of sp³-hybridized carbons (Fsp3) is 0.227. The molecule has 0 aliphatic carbocycles. The number of rotatable bonds is 9. The Hall–Kier alpha value is -3.44. The van der Waals surface area contributed by atoms with Crippen molar-refractivity contribution in [3.8, 4) is 17.5 Å². The quantitative estimate of drug-likeness (QED) is 0.387. The van der Waals surface area contributed by atoms with Gasteiger partial charge in [-0.15, -0.1) is 16.8 Å². The van der Waals surface area contributed by atoms with Crippen LogP contribution >= 0.6 is 11.8 Å². The molecule has 3 aromatic rings. The third-order valence-corrected chi connectivity index (χ3v) is 5.34. The van der Waals surface area contributed by atoms with Crippen molar-refractivity contribution in [1.29, 1.82) is 5.26 Å². The van der Waals surface area contributed by atoms with Crippen molar-refractivity contribution >= 4 is 23.4 Å². The summed E-state index contributed by atoms with van der Waals surface area (Å²) in [6.07, 6.45) is 5.44. The molecule has 1 amide bonds. The molecule has 30 heavy (non-hydrogen) atoms. The lowest BCUT2D eigenvalue weighted by atomic mass is 10.2. The summed E-state index contributed by atoms with van der Waals surface area (Å²) in [5.74, 6) is 0.801. The van der Waals surface area contributed by atoms with E-state index in [9.17, 15) is 4.79 Å². The van der Waals surface area contributed by atoms with Crippen molar-refractivity contribution < 1.29 is 4.79 Å². The Balaban J connectivity index is 1.78. The molecule has 1 aromatic carbocycles. The Kier molecular flexibility index (Phi) is 7.35. The summed E-state index contributed by atoms with van der Waals surface area (Å²) in [6.45, 7) is 6.68. The topological polar surface area (TPSA) is 87.7 Å². The maximum atomic E-state index is 13.0. The van der Waals surface area contributed by atoms with E-state index in [4.69, 9.17) is 5.26 Å². The first-order chi connectivity index (χ1) is 14.6. The molecule has 2 heterocycles. The van der Waals surface area contributed by atoms with E-state index < -0.39 is 0 Å². The summed E-state index contributed by atoms with van der Waals surface area (Å²) in [5.41, 5.74) is 2.79. The lowest BCUT2D eigenvalue weighted by Gasteiger charge is -2.21. The number of aryl methyl sites for hydroxylation is 1. The largest absolute Gasteiger partial charge is 0.311 e. The zero-order valence-corrected chi connectivity index (χ0v) is 17.5. The number of benzene rings is 1. The van der Waals surface area contributed by atoms with Crippen LogP contribution in [0.15, 0.2) is 66.6 Å². The fourth-order valence-corrected chi connectivity index (χ4v) is 3.72. The predicted molar refractivity (Wildman–Crippen MR) is 118 cm³/mol. The van der Waals surface area contributed by atoms with Gasteiger partial charge in [0.15, 0.2) is 11.0 Å². The second kappa shape index (κ2) is 10.4. The average Bonchev–Trinajstić information content (AvgIpc) is 3.17. The lowest BCUT2D eigenvalue weighted by molar-refractivity contribution is -0.116. The number of aromatic nitrogens is 4. The van der Waals surface area contributed by atoms with Crippen molar-refractivity contribution in [2.45, 2.75) is 25.0 Å². The second-order valence-corrected chi connectivity index (χ2v) is 7.46. The van der Waals surface area contributed by atoms with Gasteiger partial charge in [0.05, 0.1) is 18.2 Å². The standard InChI is InChI=1S/C22H22N6OS/c1-3-14-28-21(18-9-12-24-13-10-18)25-26-22(28)30-16-20(29)27(15-4-11-23)19-7-5-17(2)6-8-19/h3,5-10,12-13H,1,4,14-16H2,2H3. The molecule has 0 N–H and O–H groups in total. The Morgan fingerprint density at radius 1 is 1.23 bits per heavy atom. The molecule has 0 saturated heterocycles. The average molecular weight is 419 g/mol. The number of amides is 1. The summed E-state index contributed by atoms with van der Waals surface area (Å²) >= 11 is 1.32.